The molecule has 0 spiro atoms. The fourth-order valence-electron chi connectivity index (χ4n) is 5.38. The standard InChI is InChI=1S/C31H29N5O3/c1-3-39-31(38)35-14-13-21(17-35)27-15-25-23(12-11-20(16-32)29(25)34-27)22-8-6-10-28(19(22)2)36-18-33-26-9-5-4-7-24(26)30(36)37/h4-13,15,18,34H,3,14,16-17,32H2,1-2H3. The third kappa shape index (κ3) is 4.19. The average Bonchev–Trinajstić information content (AvgIpc) is 3.62. The Morgan fingerprint density at radius 1 is 1.08 bits per heavy atom. The zero-order chi connectivity index (χ0) is 27.1. The fraction of sp³-hybridized carbons (Fsp3) is 0.194. The van der Waals surface area contributed by atoms with Crippen molar-refractivity contribution >= 4 is 33.5 Å². The minimum Gasteiger partial charge on any atom is -0.450 e. The summed E-state index contributed by atoms with van der Waals surface area (Å²) in [6.45, 7) is 5.56. The first-order valence-electron chi connectivity index (χ1n) is 13.0. The maximum atomic E-state index is 13.4. The molecule has 3 aromatic carbocycles. The fourth-order valence-corrected chi connectivity index (χ4v) is 5.38. The molecule has 6 rings (SSSR count). The molecule has 0 radical (unpaired) electrons. The minimum atomic E-state index is -0.311. The van der Waals surface area contributed by atoms with Crippen molar-refractivity contribution in [3.05, 3.63) is 100 Å². The van der Waals surface area contributed by atoms with Gasteiger partial charge < -0.3 is 20.4 Å². The van der Waals surface area contributed by atoms with Crippen LogP contribution in [0.25, 0.3) is 44.2 Å². The SMILES string of the molecule is CCOC(=O)N1CC=C(c2cc3c(-c4cccc(-n5cnc6ccccc6c5=O)c4C)ccc(CN)c3[nH]2)C1. The third-order valence-corrected chi connectivity index (χ3v) is 7.41. The van der Waals surface area contributed by atoms with Gasteiger partial charge in [0.2, 0.25) is 0 Å². The predicted molar refractivity (Wildman–Crippen MR) is 154 cm³/mol. The number of nitrogens with two attached hydrogens (primary N) is 1. The number of carbonyl (C=O) groups is 1. The Kier molecular flexibility index (Phi) is 6.24. The van der Waals surface area contributed by atoms with Gasteiger partial charge in [-0.3, -0.25) is 9.36 Å². The van der Waals surface area contributed by atoms with Gasteiger partial charge in [-0.25, -0.2) is 9.78 Å². The van der Waals surface area contributed by atoms with Gasteiger partial charge in [0, 0.05) is 24.2 Å². The van der Waals surface area contributed by atoms with Crippen molar-refractivity contribution < 1.29 is 9.53 Å². The summed E-state index contributed by atoms with van der Waals surface area (Å²) < 4.78 is 6.79. The van der Waals surface area contributed by atoms with E-state index in [1.54, 1.807) is 28.8 Å². The summed E-state index contributed by atoms with van der Waals surface area (Å²) in [5, 5.41) is 1.61. The van der Waals surface area contributed by atoms with Gasteiger partial charge in [-0.15, -0.1) is 0 Å². The number of amides is 1. The van der Waals surface area contributed by atoms with Gasteiger partial charge >= 0.3 is 6.09 Å². The topological polar surface area (TPSA) is 106 Å². The summed E-state index contributed by atoms with van der Waals surface area (Å²) in [6, 6.07) is 19.6. The summed E-state index contributed by atoms with van der Waals surface area (Å²) in [7, 11) is 0. The number of para-hydroxylation sites is 1. The van der Waals surface area contributed by atoms with Crippen LogP contribution in [0.15, 0.2) is 77.9 Å². The van der Waals surface area contributed by atoms with Crippen LogP contribution in [-0.4, -0.2) is 45.2 Å². The van der Waals surface area contributed by atoms with Gasteiger partial charge in [0.15, 0.2) is 0 Å². The molecule has 2 aromatic heterocycles. The summed E-state index contributed by atoms with van der Waals surface area (Å²) in [4.78, 5) is 35.3. The van der Waals surface area contributed by atoms with Crippen LogP contribution < -0.4 is 11.3 Å². The van der Waals surface area contributed by atoms with Gasteiger partial charge in [-0.05, 0) is 65.9 Å². The van der Waals surface area contributed by atoms with Crippen LogP contribution in [0, 0.1) is 6.92 Å². The maximum absolute atomic E-state index is 13.4. The second kappa shape index (κ2) is 9.89. The van der Waals surface area contributed by atoms with Crippen molar-refractivity contribution in [1.29, 1.82) is 0 Å². The van der Waals surface area contributed by atoms with Crippen molar-refractivity contribution in [2.24, 2.45) is 5.73 Å². The molecule has 8 heteroatoms. The van der Waals surface area contributed by atoms with Crippen LogP contribution in [0.4, 0.5) is 4.79 Å². The number of aromatic nitrogens is 3. The molecule has 3 heterocycles. The molecule has 3 N–H and O–H groups in total. The largest absolute Gasteiger partial charge is 0.450 e. The lowest BCUT2D eigenvalue weighted by Gasteiger charge is -2.15. The van der Waals surface area contributed by atoms with Crippen LogP contribution in [0.2, 0.25) is 0 Å². The van der Waals surface area contributed by atoms with Crippen molar-refractivity contribution in [1.82, 2.24) is 19.4 Å². The number of carbonyl (C=O) groups excluding carboxylic acids is 1. The van der Waals surface area contributed by atoms with E-state index in [0.29, 0.717) is 37.1 Å². The Morgan fingerprint density at radius 2 is 1.92 bits per heavy atom. The third-order valence-electron chi connectivity index (χ3n) is 7.41. The first kappa shape index (κ1) is 24.6. The lowest BCUT2D eigenvalue weighted by molar-refractivity contribution is 0.118. The number of benzene rings is 3. The highest BCUT2D eigenvalue weighted by molar-refractivity contribution is 6.00. The molecule has 0 aliphatic carbocycles. The Bertz CT molecular complexity index is 1830. The number of fused-ring (bicyclic) bond motifs is 2. The number of ether oxygens (including phenoxy) is 1. The van der Waals surface area contributed by atoms with Crippen molar-refractivity contribution in [2.45, 2.75) is 20.4 Å². The molecule has 8 nitrogen and oxygen atoms in total. The van der Waals surface area contributed by atoms with E-state index in [2.05, 4.69) is 34.2 Å². The van der Waals surface area contributed by atoms with Crippen molar-refractivity contribution in [2.75, 3.05) is 19.7 Å². The molecular formula is C31H29N5O3. The first-order chi connectivity index (χ1) is 19.0. The minimum absolute atomic E-state index is 0.104. The highest BCUT2D eigenvalue weighted by Crippen LogP contribution is 2.36. The Morgan fingerprint density at radius 3 is 2.74 bits per heavy atom. The molecule has 0 saturated heterocycles. The summed E-state index contributed by atoms with van der Waals surface area (Å²) in [5.74, 6) is 0. The van der Waals surface area contributed by atoms with Crippen LogP contribution in [-0.2, 0) is 11.3 Å². The number of H-pyrrole nitrogens is 1. The molecule has 1 aliphatic heterocycles. The monoisotopic (exact) mass is 519 g/mol. The Labute approximate surface area is 225 Å². The van der Waals surface area contributed by atoms with E-state index in [9.17, 15) is 9.59 Å². The van der Waals surface area contributed by atoms with Crippen LogP contribution in [0.3, 0.4) is 0 Å². The normalized spacial score (nSPS) is 13.3. The molecule has 0 fully saturated rings. The summed E-state index contributed by atoms with van der Waals surface area (Å²) >= 11 is 0. The van der Waals surface area contributed by atoms with Gasteiger partial charge in [-0.1, -0.05) is 42.5 Å². The maximum Gasteiger partial charge on any atom is 0.410 e. The van der Waals surface area contributed by atoms with Crippen molar-refractivity contribution in [3.8, 4) is 16.8 Å². The number of rotatable bonds is 5. The molecule has 1 amide bonds. The van der Waals surface area contributed by atoms with E-state index in [0.717, 1.165) is 50.1 Å². The molecule has 0 saturated carbocycles. The van der Waals surface area contributed by atoms with E-state index in [1.807, 2.05) is 43.3 Å². The lowest BCUT2D eigenvalue weighted by Crippen LogP contribution is -2.29. The van der Waals surface area contributed by atoms with Crippen LogP contribution >= 0.6 is 0 Å². The number of nitrogens with one attached hydrogen (secondary N) is 1. The molecule has 0 atom stereocenters. The number of nitrogens with zero attached hydrogens (tertiary/aromatic N) is 3. The molecule has 1 aliphatic rings. The molecule has 5 aromatic rings. The molecular weight excluding hydrogens is 490 g/mol. The van der Waals surface area contributed by atoms with Crippen LogP contribution in [0.1, 0.15) is 23.7 Å². The molecule has 196 valence electrons. The number of aromatic amines is 1. The van der Waals surface area contributed by atoms with E-state index in [1.165, 1.54) is 0 Å². The van der Waals surface area contributed by atoms with Gasteiger partial charge in [0.25, 0.3) is 5.56 Å². The smallest absolute Gasteiger partial charge is 0.410 e. The van der Waals surface area contributed by atoms with Gasteiger partial charge in [0.1, 0.15) is 6.33 Å². The van der Waals surface area contributed by atoms with Gasteiger partial charge in [-0.2, -0.15) is 0 Å². The number of hydrogen-bond donors (Lipinski definition) is 2. The van der Waals surface area contributed by atoms with Crippen molar-refractivity contribution in [3.63, 3.8) is 0 Å². The Balaban J connectivity index is 1.45. The van der Waals surface area contributed by atoms with Gasteiger partial charge in [0.05, 0.1) is 35.3 Å². The molecule has 39 heavy (non-hydrogen) atoms. The van der Waals surface area contributed by atoms with Crippen LogP contribution in [0.5, 0.6) is 0 Å². The second-order valence-electron chi connectivity index (χ2n) is 9.64. The van der Waals surface area contributed by atoms with E-state index in [4.69, 9.17) is 10.5 Å². The zero-order valence-corrected chi connectivity index (χ0v) is 21.9. The first-order valence-corrected chi connectivity index (χ1v) is 13.0. The lowest BCUT2D eigenvalue weighted by atomic mass is 9.94. The highest BCUT2D eigenvalue weighted by atomic mass is 16.6. The zero-order valence-electron chi connectivity index (χ0n) is 21.9. The average molecular weight is 520 g/mol. The predicted octanol–water partition coefficient (Wildman–Crippen LogP) is 5.16. The second-order valence-corrected chi connectivity index (χ2v) is 9.64. The molecule has 0 unspecified atom stereocenters. The quantitative estimate of drug-likeness (QED) is 0.334. The highest BCUT2D eigenvalue weighted by Gasteiger charge is 2.23. The van der Waals surface area contributed by atoms with E-state index in [-0.39, 0.29) is 11.7 Å². The van der Waals surface area contributed by atoms with E-state index < -0.39 is 0 Å². The summed E-state index contributed by atoms with van der Waals surface area (Å²) in [6.07, 6.45) is 3.34. The summed E-state index contributed by atoms with van der Waals surface area (Å²) in [5.41, 5.74) is 14.4. The Hall–Kier alpha value is -4.69. The number of hydrogen-bond acceptors (Lipinski definition) is 5. The molecule has 0 bridgehead atoms. The van der Waals surface area contributed by atoms with E-state index >= 15 is 0 Å².